The highest BCUT2D eigenvalue weighted by Crippen LogP contribution is 2.17. The second-order valence-electron chi connectivity index (χ2n) is 6.10. The highest BCUT2D eigenvalue weighted by atomic mass is 16.5. The summed E-state index contributed by atoms with van der Waals surface area (Å²) < 4.78 is 5.34. The third-order valence-electron chi connectivity index (χ3n) is 4.55. The number of carbonyl (C=O) groups is 1. The van der Waals surface area contributed by atoms with Gasteiger partial charge >= 0.3 is 6.03 Å². The van der Waals surface area contributed by atoms with Crippen LogP contribution in [-0.2, 0) is 6.42 Å². The highest BCUT2D eigenvalue weighted by Gasteiger charge is 2.20. The molecule has 1 aliphatic heterocycles. The molecule has 3 rings (SSSR count). The number of methoxy groups -OCH3 is 1. The van der Waals surface area contributed by atoms with Crippen LogP contribution in [0.2, 0.25) is 0 Å². The number of nitrogens with zero attached hydrogens (tertiary/aromatic N) is 2. The molecule has 5 heteroatoms. The molecule has 25 heavy (non-hydrogen) atoms. The monoisotopic (exact) mass is 339 g/mol. The molecule has 2 aromatic rings. The van der Waals surface area contributed by atoms with Crippen LogP contribution in [-0.4, -0.2) is 50.8 Å². The van der Waals surface area contributed by atoms with E-state index in [2.05, 4.69) is 22.3 Å². The van der Waals surface area contributed by atoms with Gasteiger partial charge in [0.2, 0.25) is 0 Å². The molecule has 1 saturated heterocycles. The van der Waals surface area contributed by atoms with Crippen LogP contribution in [0, 0.1) is 0 Å². The minimum Gasteiger partial charge on any atom is -0.496 e. The van der Waals surface area contributed by atoms with E-state index in [9.17, 15) is 4.79 Å². The number of rotatable bonds is 5. The van der Waals surface area contributed by atoms with Crippen LogP contribution >= 0.6 is 0 Å². The zero-order valence-electron chi connectivity index (χ0n) is 14.6. The zero-order chi connectivity index (χ0) is 17.5. The largest absolute Gasteiger partial charge is 0.496 e. The molecule has 0 aliphatic carbocycles. The Labute approximate surface area is 149 Å². The number of nitrogens with one attached hydrogen (secondary N) is 1. The van der Waals surface area contributed by atoms with Crippen molar-refractivity contribution in [2.75, 3.05) is 44.7 Å². The molecule has 0 bridgehead atoms. The fourth-order valence-corrected chi connectivity index (χ4v) is 3.13. The highest BCUT2D eigenvalue weighted by molar-refractivity contribution is 5.74. The number of para-hydroxylation sites is 2. The molecular formula is C20H25N3O2. The SMILES string of the molecule is COc1ccccc1CCNC(=O)N1CCN(c2ccccc2)CC1. The molecule has 0 spiro atoms. The number of benzene rings is 2. The lowest BCUT2D eigenvalue weighted by Crippen LogP contribution is -2.52. The van der Waals surface area contributed by atoms with E-state index >= 15 is 0 Å². The first-order chi connectivity index (χ1) is 12.3. The van der Waals surface area contributed by atoms with Gasteiger partial charge in [0.05, 0.1) is 7.11 Å². The van der Waals surface area contributed by atoms with Gasteiger partial charge in [0.15, 0.2) is 0 Å². The van der Waals surface area contributed by atoms with E-state index in [0.29, 0.717) is 6.54 Å². The standard InChI is InChI=1S/C20H25N3O2/c1-25-19-10-6-5-7-17(19)11-12-21-20(24)23-15-13-22(14-16-23)18-8-3-2-4-9-18/h2-10H,11-16H2,1H3,(H,21,24). The summed E-state index contributed by atoms with van der Waals surface area (Å²) in [7, 11) is 1.67. The fraction of sp³-hybridized carbons (Fsp3) is 0.350. The third-order valence-corrected chi connectivity index (χ3v) is 4.55. The first-order valence-corrected chi connectivity index (χ1v) is 8.72. The summed E-state index contributed by atoms with van der Waals surface area (Å²) in [6.07, 6.45) is 0.764. The van der Waals surface area contributed by atoms with Crippen molar-refractivity contribution < 1.29 is 9.53 Å². The van der Waals surface area contributed by atoms with Crippen LogP contribution < -0.4 is 15.0 Å². The van der Waals surface area contributed by atoms with Gasteiger partial charge in [0.1, 0.15) is 5.75 Å². The maximum absolute atomic E-state index is 12.4. The summed E-state index contributed by atoms with van der Waals surface area (Å²) in [6.45, 7) is 3.83. The van der Waals surface area contributed by atoms with Gasteiger partial charge in [0, 0.05) is 38.4 Å². The number of carbonyl (C=O) groups excluding carboxylic acids is 1. The minimum atomic E-state index is 0.0163. The van der Waals surface area contributed by atoms with E-state index in [1.54, 1.807) is 7.11 Å². The fourth-order valence-electron chi connectivity index (χ4n) is 3.13. The number of hydrogen-bond acceptors (Lipinski definition) is 3. The average molecular weight is 339 g/mol. The topological polar surface area (TPSA) is 44.8 Å². The molecular weight excluding hydrogens is 314 g/mol. The lowest BCUT2D eigenvalue weighted by atomic mass is 10.1. The van der Waals surface area contributed by atoms with Gasteiger partial charge in [-0.3, -0.25) is 0 Å². The van der Waals surface area contributed by atoms with Gasteiger partial charge in [-0.15, -0.1) is 0 Å². The normalized spacial score (nSPS) is 14.3. The second kappa shape index (κ2) is 8.42. The maximum Gasteiger partial charge on any atom is 0.317 e. The van der Waals surface area contributed by atoms with Crippen LogP contribution in [0.1, 0.15) is 5.56 Å². The quantitative estimate of drug-likeness (QED) is 0.911. The van der Waals surface area contributed by atoms with Crippen LogP contribution in [0.3, 0.4) is 0 Å². The van der Waals surface area contributed by atoms with Crippen LogP contribution in [0.25, 0.3) is 0 Å². The summed E-state index contributed by atoms with van der Waals surface area (Å²) in [4.78, 5) is 16.6. The summed E-state index contributed by atoms with van der Waals surface area (Å²) in [5.74, 6) is 0.869. The molecule has 1 N–H and O–H groups in total. The number of anilines is 1. The Hall–Kier alpha value is -2.69. The minimum absolute atomic E-state index is 0.0163. The molecule has 1 heterocycles. The average Bonchev–Trinajstić information content (AvgIpc) is 2.69. The Morgan fingerprint density at radius 3 is 2.40 bits per heavy atom. The number of ether oxygens (including phenoxy) is 1. The molecule has 132 valence electrons. The molecule has 0 aromatic heterocycles. The van der Waals surface area contributed by atoms with Crippen molar-refractivity contribution in [3.8, 4) is 5.75 Å². The molecule has 1 fully saturated rings. The van der Waals surface area contributed by atoms with E-state index < -0.39 is 0 Å². The predicted molar refractivity (Wildman–Crippen MR) is 100 cm³/mol. The van der Waals surface area contributed by atoms with Crippen molar-refractivity contribution >= 4 is 11.7 Å². The van der Waals surface area contributed by atoms with Crippen LogP contribution in [0.15, 0.2) is 54.6 Å². The van der Waals surface area contributed by atoms with Gasteiger partial charge in [-0.05, 0) is 30.2 Å². The van der Waals surface area contributed by atoms with E-state index in [1.807, 2.05) is 47.4 Å². The van der Waals surface area contributed by atoms with Gasteiger partial charge in [-0.2, -0.15) is 0 Å². The Morgan fingerprint density at radius 2 is 1.68 bits per heavy atom. The zero-order valence-corrected chi connectivity index (χ0v) is 14.6. The van der Waals surface area contributed by atoms with Crippen molar-refractivity contribution in [2.24, 2.45) is 0 Å². The Balaban J connectivity index is 1.44. The molecule has 0 radical (unpaired) electrons. The first kappa shape index (κ1) is 17.1. The number of urea groups is 1. The summed E-state index contributed by atoms with van der Waals surface area (Å²) >= 11 is 0. The molecule has 5 nitrogen and oxygen atoms in total. The van der Waals surface area contributed by atoms with E-state index in [1.165, 1.54) is 5.69 Å². The van der Waals surface area contributed by atoms with E-state index in [4.69, 9.17) is 4.74 Å². The molecule has 2 aromatic carbocycles. The van der Waals surface area contributed by atoms with Gasteiger partial charge in [-0.25, -0.2) is 4.79 Å². The van der Waals surface area contributed by atoms with E-state index in [0.717, 1.165) is 43.9 Å². The lowest BCUT2D eigenvalue weighted by molar-refractivity contribution is 0.194. The molecule has 2 amide bonds. The number of hydrogen-bond donors (Lipinski definition) is 1. The second-order valence-corrected chi connectivity index (χ2v) is 6.10. The Morgan fingerprint density at radius 1 is 1.00 bits per heavy atom. The first-order valence-electron chi connectivity index (χ1n) is 8.72. The number of amides is 2. The van der Waals surface area contributed by atoms with Gasteiger partial charge < -0.3 is 19.9 Å². The van der Waals surface area contributed by atoms with Crippen molar-refractivity contribution in [2.45, 2.75) is 6.42 Å². The predicted octanol–water partition coefficient (Wildman–Crippen LogP) is 2.77. The third kappa shape index (κ3) is 4.44. The van der Waals surface area contributed by atoms with Crippen molar-refractivity contribution in [1.82, 2.24) is 10.2 Å². The Bertz CT molecular complexity index is 682. The van der Waals surface area contributed by atoms with Crippen molar-refractivity contribution in [1.29, 1.82) is 0 Å². The molecule has 0 saturated carbocycles. The Kier molecular flexibility index (Phi) is 5.77. The summed E-state index contributed by atoms with van der Waals surface area (Å²) in [5.41, 5.74) is 2.33. The molecule has 0 unspecified atom stereocenters. The summed E-state index contributed by atoms with van der Waals surface area (Å²) in [5, 5.41) is 3.02. The van der Waals surface area contributed by atoms with Crippen molar-refractivity contribution in [3.05, 3.63) is 60.2 Å². The molecule has 0 atom stereocenters. The van der Waals surface area contributed by atoms with Gasteiger partial charge in [-0.1, -0.05) is 36.4 Å². The van der Waals surface area contributed by atoms with Crippen LogP contribution in [0.4, 0.5) is 10.5 Å². The lowest BCUT2D eigenvalue weighted by Gasteiger charge is -2.36. The van der Waals surface area contributed by atoms with Gasteiger partial charge in [0.25, 0.3) is 0 Å². The maximum atomic E-state index is 12.4. The summed E-state index contributed by atoms with van der Waals surface area (Å²) in [6, 6.07) is 18.3. The van der Waals surface area contributed by atoms with Crippen molar-refractivity contribution in [3.63, 3.8) is 0 Å². The molecule has 1 aliphatic rings. The number of piperazine rings is 1. The van der Waals surface area contributed by atoms with Crippen LogP contribution in [0.5, 0.6) is 5.75 Å². The smallest absolute Gasteiger partial charge is 0.317 e. The van der Waals surface area contributed by atoms with E-state index in [-0.39, 0.29) is 6.03 Å².